The maximum Gasteiger partial charge on any atom is 0.116 e. The van der Waals surface area contributed by atoms with E-state index in [1.165, 1.54) is 0 Å². The van der Waals surface area contributed by atoms with Crippen molar-refractivity contribution < 1.29 is 20.1 Å². The van der Waals surface area contributed by atoms with E-state index in [2.05, 4.69) is 0 Å². The van der Waals surface area contributed by atoms with Gasteiger partial charge < -0.3 is 20.1 Å². The smallest absolute Gasteiger partial charge is 0.116 e. The van der Waals surface area contributed by atoms with Crippen molar-refractivity contribution in [3.8, 4) is 0 Å². The second-order valence-electron chi connectivity index (χ2n) is 1.02. The van der Waals surface area contributed by atoms with Gasteiger partial charge in [-0.3, -0.25) is 0 Å². The van der Waals surface area contributed by atoms with Crippen molar-refractivity contribution >= 4 is 5.97 Å². The third kappa shape index (κ3) is 2.13. The fourth-order valence-electron chi connectivity index (χ4n) is 0.0745. The van der Waals surface area contributed by atoms with Gasteiger partial charge in [0.05, 0.1) is 12.6 Å². The van der Waals surface area contributed by atoms with E-state index in [1.807, 2.05) is 0 Å². The maximum atomic E-state index is 9.41. The van der Waals surface area contributed by atoms with Crippen LogP contribution in [0.25, 0.3) is 0 Å². The predicted molar refractivity (Wildman–Crippen MR) is 18.1 cm³/mol. The Morgan fingerprint density at radius 3 is 2.29 bits per heavy atom. The van der Waals surface area contributed by atoms with Gasteiger partial charge in [0.15, 0.2) is 0 Å². The largest absolute Gasteiger partial charge is 0.547 e. The van der Waals surface area contributed by atoms with Crippen LogP contribution in [0.2, 0.25) is 0 Å². The number of carboxylic acid groups (broad SMARTS) is 1. The zero-order valence-electron chi connectivity index (χ0n) is 3.50. The lowest BCUT2D eigenvalue weighted by Crippen LogP contribution is -2.37. The summed E-state index contributed by atoms with van der Waals surface area (Å²) >= 11 is 0. The van der Waals surface area contributed by atoms with Gasteiger partial charge in [0.1, 0.15) is 6.10 Å². The highest BCUT2D eigenvalue weighted by atomic mass is 16.4. The molecule has 0 amide bonds. The standard InChI is InChI=1S/C3H6O4/c4-1-2(5)3(6)7/h2,4-5H,1H2,(H,6,7)/p-1/t2-/m1/s1. The quantitative estimate of drug-likeness (QED) is 0.394. The van der Waals surface area contributed by atoms with Gasteiger partial charge in [0.2, 0.25) is 0 Å². The SMILES string of the molecule is O=C([O-])[C@H](O)CO. The molecule has 0 fully saturated rings. The van der Waals surface area contributed by atoms with E-state index >= 15 is 0 Å². The molecular weight excluding hydrogens is 100 g/mol. The number of rotatable bonds is 2. The fraction of sp³-hybridized carbons (Fsp3) is 0.667. The Bertz CT molecular complexity index is 69.3. The molecule has 1 atom stereocenters. The molecule has 0 aliphatic rings. The molecule has 4 heteroatoms. The van der Waals surface area contributed by atoms with Gasteiger partial charge in [-0.2, -0.15) is 0 Å². The van der Waals surface area contributed by atoms with Gasteiger partial charge in [-0.1, -0.05) is 0 Å². The van der Waals surface area contributed by atoms with E-state index in [0.29, 0.717) is 0 Å². The van der Waals surface area contributed by atoms with Gasteiger partial charge in [-0.05, 0) is 0 Å². The van der Waals surface area contributed by atoms with Crippen molar-refractivity contribution in [2.45, 2.75) is 6.10 Å². The number of aliphatic carboxylic acids is 1. The van der Waals surface area contributed by atoms with Gasteiger partial charge >= 0.3 is 0 Å². The van der Waals surface area contributed by atoms with Gasteiger partial charge in [-0.15, -0.1) is 0 Å². The lowest BCUT2D eigenvalue weighted by atomic mass is 10.4. The number of carbonyl (C=O) groups excluding carboxylic acids is 1. The van der Waals surface area contributed by atoms with E-state index in [4.69, 9.17) is 10.2 Å². The molecular formula is C3H5O4-. The minimum absolute atomic E-state index is 0.789. The highest BCUT2D eigenvalue weighted by molar-refractivity contribution is 5.69. The first kappa shape index (κ1) is 6.39. The molecule has 0 spiro atoms. The Labute approximate surface area is 40.0 Å². The molecule has 0 bridgehead atoms. The van der Waals surface area contributed by atoms with Gasteiger partial charge in [0.25, 0.3) is 0 Å². The molecule has 0 heterocycles. The molecule has 0 rings (SSSR count). The lowest BCUT2D eigenvalue weighted by molar-refractivity contribution is -0.315. The zero-order valence-corrected chi connectivity index (χ0v) is 3.50. The molecule has 0 aromatic heterocycles. The molecule has 0 unspecified atom stereocenters. The number of carboxylic acids is 1. The Morgan fingerprint density at radius 1 is 1.86 bits per heavy atom. The summed E-state index contributed by atoms with van der Waals surface area (Å²) in [6.07, 6.45) is -1.74. The maximum absolute atomic E-state index is 9.41. The Balaban J connectivity index is 3.34. The molecule has 0 aliphatic heterocycles. The van der Waals surface area contributed by atoms with E-state index in [9.17, 15) is 9.90 Å². The molecule has 0 aromatic carbocycles. The van der Waals surface area contributed by atoms with Crippen molar-refractivity contribution in [2.75, 3.05) is 6.61 Å². The van der Waals surface area contributed by atoms with Crippen molar-refractivity contribution in [1.82, 2.24) is 0 Å². The zero-order chi connectivity index (χ0) is 5.86. The average molecular weight is 105 g/mol. The molecule has 0 radical (unpaired) electrons. The first-order valence-corrected chi connectivity index (χ1v) is 1.68. The highest BCUT2D eigenvalue weighted by Crippen LogP contribution is 1.72. The molecule has 0 aromatic rings. The van der Waals surface area contributed by atoms with Crippen LogP contribution in [0.1, 0.15) is 0 Å². The lowest BCUT2D eigenvalue weighted by Gasteiger charge is -2.04. The normalized spacial score (nSPS) is 13.4. The number of carbonyl (C=O) groups is 1. The monoisotopic (exact) mass is 105 g/mol. The molecule has 4 nitrogen and oxygen atoms in total. The molecule has 42 valence electrons. The van der Waals surface area contributed by atoms with Gasteiger partial charge in [0, 0.05) is 0 Å². The third-order valence-electron chi connectivity index (χ3n) is 0.445. The topological polar surface area (TPSA) is 80.6 Å². The van der Waals surface area contributed by atoms with Crippen molar-refractivity contribution in [3.05, 3.63) is 0 Å². The van der Waals surface area contributed by atoms with Crippen LogP contribution in [-0.4, -0.2) is 28.9 Å². The van der Waals surface area contributed by atoms with Gasteiger partial charge in [-0.25, -0.2) is 0 Å². The number of hydrogen-bond acceptors (Lipinski definition) is 4. The van der Waals surface area contributed by atoms with Crippen LogP contribution in [-0.2, 0) is 4.79 Å². The van der Waals surface area contributed by atoms with Crippen molar-refractivity contribution in [1.29, 1.82) is 0 Å². The Morgan fingerprint density at radius 2 is 2.29 bits per heavy atom. The summed E-state index contributed by atoms with van der Waals surface area (Å²) < 4.78 is 0. The van der Waals surface area contributed by atoms with E-state index in [-0.39, 0.29) is 0 Å². The van der Waals surface area contributed by atoms with Crippen LogP contribution in [0, 0.1) is 0 Å². The van der Waals surface area contributed by atoms with Crippen LogP contribution < -0.4 is 5.11 Å². The summed E-state index contributed by atoms with van der Waals surface area (Å²) in [6, 6.07) is 0. The number of aliphatic hydroxyl groups is 2. The minimum atomic E-state index is -1.74. The van der Waals surface area contributed by atoms with E-state index in [1.54, 1.807) is 0 Å². The summed E-state index contributed by atoms with van der Waals surface area (Å²) in [4.78, 5) is 9.41. The molecule has 7 heavy (non-hydrogen) atoms. The van der Waals surface area contributed by atoms with E-state index < -0.39 is 18.7 Å². The second kappa shape index (κ2) is 2.54. The Kier molecular flexibility index (Phi) is 2.32. The number of aliphatic hydroxyl groups excluding tert-OH is 2. The first-order chi connectivity index (χ1) is 3.18. The van der Waals surface area contributed by atoms with Crippen LogP contribution >= 0.6 is 0 Å². The molecule has 0 aliphatic carbocycles. The molecule has 0 saturated heterocycles. The van der Waals surface area contributed by atoms with E-state index in [0.717, 1.165) is 0 Å². The summed E-state index contributed by atoms with van der Waals surface area (Å²) in [7, 11) is 0. The third-order valence-corrected chi connectivity index (χ3v) is 0.445. The van der Waals surface area contributed by atoms with Crippen LogP contribution in [0.4, 0.5) is 0 Å². The average Bonchev–Trinajstić information content (AvgIpc) is 1.65. The predicted octanol–water partition coefficient (Wildman–Crippen LogP) is -2.91. The van der Waals surface area contributed by atoms with Crippen LogP contribution in [0.15, 0.2) is 0 Å². The second-order valence-corrected chi connectivity index (χ2v) is 1.02. The van der Waals surface area contributed by atoms with Crippen molar-refractivity contribution in [2.24, 2.45) is 0 Å². The summed E-state index contributed by atoms with van der Waals surface area (Å²) in [5, 5.41) is 25.3. The fourth-order valence-corrected chi connectivity index (χ4v) is 0.0745. The Hall–Kier alpha value is -0.610. The summed E-state index contributed by atoms with van der Waals surface area (Å²) in [5.41, 5.74) is 0. The number of hydrogen-bond donors (Lipinski definition) is 2. The summed E-state index contributed by atoms with van der Waals surface area (Å²) in [5.74, 6) is -1.65. The molecule has 0 saturated carbocycles. The summed E-state index contributed by atoms with van der Waals surface area (Å²) in [6.45, 7) is -0.789. The van der Waals surface area contributed by atoms with Crippen LogP contribution in [0.5, 0.6) is 0 Å². The molecule has 2 N–H and O–H groups in total. The van der Waals surface area contributed by atoms with Crippen LogP contribution in [0.3, 0.4) is 0 Å². The van der Waals surface area contributed by atoms with Crippen molar-refractivity contribution in [3.63, 3.8) is 0 Å². The first-order valence-electron chi connectivity index (χ1n) is 1.68. The highest BCUT2D eigenvalue weighted by Gasteiger charge is 1.98. The minimum Gasteiger partial charge on any atom is -0.547 e.